The van der Waals surface area contributed by atoms with Gasteiger partial charge in [-0.1, -0.05) is 6.07 Å². The maximum atomic E-state index is 13.3. The Morgan fingerprint density at radius 3 is 2.66 bits per heavy atom. The summed E-state index contributed by atoms with van der Waals surface area (Å²) in [4.78, 5) is 30.3. The molecule has 1 amide bonds. The number of nitrogens with zero attached hydrogens (tertiary/aromatic N) is 1. The van der Waals surface area contributed by atoms with Crippen LogP contribution in [-0.4, -0.2) is 47.5 Å². The minimum atomic E-state index is -0.417. The zero-order valence-corrected chi connectivity index (χ0v) is 18.0. The predicted molar refractivity (Wildman–Crippen MR) is 115 cm³/mol. The van der Waals surface area contributed by atoms with Gasteiger partial charge in [0.1, 0.15) is 5.69 Å². The number of hydrogen-bond acceptors (Lipinski definition) is 4. The molecule has 0 aliphatic carbocycles. The highest BCUT2D eigenvalue weighted by Crippen LogP contribution is 2.24. The maximum absolute atomic E-state index is 13.3. The first-order valence-corrected chi connectivity index (χ1v) is 10.3. The fraction of sp³-hybridized carbons (Fsp3) is 0.478. The number of benzene rings is 1. The van der Waals surface area contributed by atoms with E-state index in [2.05, 4.69) is 42.3 Å². The highest BCUT2D eigenvalue weighted by molar-refractivity contribution is 6.01. The molecule has 1 aromatic heterocycles. The van der Waals surface area contributed by atoms with Gasteiger partial charge < -0.3 is 19.9 Å². The summed E-state index contributed by atoms with van der Waals surface area (Å²) in [6.45, 7) is 11.3. The van der Waals surface area contributed by atoms with Crippen LogP contribution in [0.15, 0.2) is 18.2 Å². The predicted octanol–water partition coefficient (Wildman–Crippen LogP) is 4.14. The quantitative estimate of drug-likeness (QED) is 0.744. The number of esters is 1. The number of ether oxygens (including phenoxy) is 1. The van der Waals surface area contributed by atoms with E-state index in [0.717, 1.165) is 25.1 Å². The zero-order chi connectivity index (χ0) is 21.1. The molecule has 0 bridgehead atoms. The van der Waals surface area contributed by atoms with E-state index < -0.39 is 5.97 Å². The van der Waals surface area contributed by atoms with Crippen molar-refractivity contribution < 1.29 is 14.3 Å². The molecule has 2 aromatic rings. The Hall–Kier alpha value is -2.76. The number of carbonyl (C=O) groups is 2. The van der Waals surface area contributed by atoms with Crippen LogP contribution in [0.3, 0.4) is 0 Å². The number of rotatable bonds is 5. The first kappa shape index (κ1) is 21.0. The third-order valence-electron chi connectivity index (χ3n) is 5.72. The summed E-state index contributed by atoms with van der Waals surface area (Å²) in [7, 11) is 0. The Kier molecular flexibility index (Phi) is 6.30. The van der Waals surface area contributed by atoms with Gasteiger partial charge in [0.25, 0.3) is 5.91 Å². The summed E-state index contributed by atoms with van der Waals surface area (Å²) in [5, 5.41) is 3.58. The van der Waals surface area contributed by atoms with Crippen LogP contribution < -0.4 is 5.32 Å². The van der Waals surface area contributed by atoms with Crippen molar-refractivity contribution in [3.63, 3.8) is 0 Å². The number of likely N-dealkylation sites (tertiary alicyclic amines) is 1. The van der Waals surface area contributed by atoms with E-state index in [1.807, 2.05) is 11.8 Å². The molecule has 0 radical (unpaired) electrons. The van der Waals surface area contributed by atoms with Crippen LogP contribution in [0.1, 0.15) is 63.0 Å². The molecule has 6 nitrogen and oxygen atoms in total. The lowest BCUT2D eigenvalue weighted by molar-refractivity contribution is 0.0519. The lowest BCUT2D eigenvalue weighted by Crippen LogP contribution is -2.45. The molecule has 0 spiro atoms. The van der Waals surface area contributed by atoms with Gasteiger partial charge in [-0.3, -0.25) is 4.79 Å². The highest BCUT2D eigenvalue weighted by Gasteiger charge is 2.29. The number of anilines is 1. The molecule has 1 saturated heterocycles. The fourth-order valence-corrected chi connectivity index (χ4v) is 3.98. The molecule has 1 aliphatic heterocycles. The van der Waals surface area contributed by atoms with Gasteiger partial charge in [-0.05, 0) is 76.3 Å². The van der Waals surface area contributed by atoms with Crippen molar-refractivity contribution in [2.75, 3.05) is 25.0 Å². The SMILES string of the molecule is CCOC(=O)c1[nH]c(C)c(C(=O)N2CCC[C@H](Nc3ccc(C)c(C)c3)C2)c1C. The summed E-state index contributed by atoms with van der Waals surface area (Å²) >= 11 is 0. The van der Waals surface area contributed by atoms with Gasteiger partial charge in [-0.15, -0.1) is 0 Å². The monoisotopic (exact) mass is 397 g/mol. The largest absolute Gasteiger partial charge is 0.461 e. The van der Waals surface area contributed by atoms with Gasteiger partial charge in [-0.2, -0.15) is 0 Å². The van der Waals surface area contributed by atoms with Crippen LogP contribution in [-0.2, 0) is 4.74 Å². The van der Waals surface area contributed by atoms with Crippen molar-refractivity contribution in [3.8, 4) is 0 Å². The number of aromatic amines is 1. The van der Waals surface area contributed by atoms with E-state index in [9.17, 15) is 9.59 Å². The van der Waals surface area contributed by atoms with E-state index in [1.54, 1.807) is 13.8 Å². The van der Waals surface area contributed by atoms with Gasteiger partial charge in [-0.25, -0.2) is 4.79 Å². The Labute approximate surface area is 172 Å². The first-order valence-electron chi connectivity index (χ1n) is 10.3. The summed E-state index contributed by atoms with van der Waals surface area (Å²) in [6.07, 6.45) is 1.97. The average Bonchev–Trinajstić information content (AvgIpc) is 2.99. The lowest BCUT2D eigenvalue weighted by Gasteiger charge is -2.34. The summed E-state index contributed by atoms with van der Waals surface area (Å²) in [5.74, 6) is -0.446. The smallest absolute Gasteiger partial charge is 0.355 e. The topological polar surface area (TPSA) is 74.4 Å². The number of aryl methyl sites for hydroxylation is 3. The molecule has 6 heteroatoms. The van der Waals surface area contributed by atoms with Crippen LogP contribution >= 0.6 is 0 Å². The van der Waals surface area contributed by atoms with Crippen LogP contribution in [0.2, 0.25) is 0 Å². The number of amides is 1. The van der Waals surface area contributed by atoms with Crippen LogP contribution in [0, 0.1) is 27.7 Å². The van der Waals surface area contributed by atoms with Gasteiger partial charge >= 0.3 is 5.97 Å². The van der Waals surface area contributed by atoms with Crippen molar-refractivity contribution in [3.05, 3.63) is 51.8 Å². The normalized spacial score (nSPS) is 16.6. The first-order chi connectivity index (χ1) is 13.8. The molecule has 1 fully saturated rings. The summed E-state index contributed by atoms with van der Waals surface area (Å²) in [6, 6.07) is 6.57. The number of nitrogens with one attached hydrogen (secondary N) is 2. The van der Waals surface area contributed by atoms with Crippen molar-refractivity contribution in [2.45, 2.75) is 53.5 Å². The third-order valence-corrected chi connectivity index (χ3v) is 5.72. The van der Waals surface area contributed by atoms with Crippen molar-refractivity contribution in [1.82, 2.24) is 9.88 Å². The molecule has 1 atom stereocenters. The summed E-state index contributed by atoms with van der Waals surface area (Å²) in [5.41, 5.74) is 5.94. The van der Waals surface area contributed by atoms with Crippen molar-refractivity contribution in [1.29, 1.82) is 0 Å². The molecule has 3 rings (SSSR count). The van der Waals surface area contributed by atoms with Gasteiger partial charge in [0, 0.05) is 30.5 Å². The molecular weight excluding hydrogens is 366 g/mol. The van der Waals surface area contributed by atoms with Crippen LogP contribution in [0.5, 0.6) is 0 Å². The van der Waals surface area contributed by atoms with E-state index in [1.165, 1.54) is 11.1 Å². The van der Waals surface area contributed by atoms with E-state index in [0.29, 0.717) is 35.7 Å². The van der Waals surface area contributed by atoms with Gasteiger partial charge in [0.2, 0.25) is 0 Å². The second kappa shape index (κ2) is 8.72. The second-order valence-corrected chi connectivity index (χ2v) is 7.88. The standard InChI is InChI=1S/C23H31N3O3/c1-6-29-23(28)21-16(4)20(17(5)24-21)22(27)26-11-7-8-19(13-26)25-18-10-9-14(2)15(3)12-18/h9-10,12,19,24-25H,6-8,11,13H2,1-5H3/t19-/m0/s1. The van der Waals surface area contributed by atoms with E-state index in [-0.39, 0.29) is 11.9 Å². The minimum absolute atomic E-state index is 0.0293. The highest BCUT2D eigenvalue weighted by atomic mass is 16.5. The summed E-state index contributed by atoms with van der Waals surface area (Å²) < 4.78 is 5.10. The third kappa shape index (κ3) is 4.47. The molecule has 29 heavy (non-hydrogen) atoms. The molecule has 156 valence electrons. The number of piperidine rings is 1. The lowest BCUT2D eigenvalue weighted by atomic mass is 10.0. The average molecular weight is 398 g/mol. The zero-order valence-electron chi connectivity index (χ0n) is 18.0. The fourth-order valence-electron chi connectivity index (χ4n) is 3.98. The molecule has 1 aliphatic rings. The second-order valence-electron chi connectivity index (χ2n) is 7.88. The van der Waals surface area contributed by atoms with Crippen molar-refractivity contribution >= 4 is 17.6 Å². The van der Waals surface area contributed by atoms with Crippen molar-refractivity contribution in [2.24, 2.45) is 0 Å². The molecule has 0 saturated carbocycles. The van der Waals surface area contributed by atoms with E-state index >= 15 is 0 Å². The molecule has 2 N–H and O–H groups in total. The Morgan fingerprint density at radius 1 is 1.21 bits per heavy atom. The van der Waals surface area contributed by atoms with Gasteiger partial charge in [0.15, 0.2) is 0 Å². The van der Waals surface area contributed by atoms with Crippen LogP contribution in [0.25, 0.3) is 0 Å². The molecule has 1 aromatic carbocycles. The minimum Gasteiger partial charge on any atom is -0.461 e. The maximum Gasteiger partial charge on any atom is 0.355 e. The van der Waals surface area contributed by atoms with E-state index in [4.69, 9.17) is 4.74 Å². The van der Waals surface area contributed by atoms with Gasteiger partial charge in [0.05, 0.1) is 12.2 Å². The molecule has 0 unspecified atom stereocenters. The number of carbonyl (C=O) groups excluding carboxylic acids is 2. The molecule has 2 heterocycles. The Bertz CT molecular complexity index is 916. The Morgan fingerprint density at radius 2 is 1.97 bits per heavy atom. The van der Waals surface area contributed by atoms with Crippen LogP contribution in [0.4, 0.5) is 5.69 Å². The number of aromatic nitrogens is 1. The molecular formula is C23H31N3O3. The Balaban J connectivity index is 1.74. The number of hydrogen-bond donors (Lipinski definition) is 2. The number of H-pyrrole nitrogens is 1.